The van der Waals surface area contributed by atoms with E-state index in [1.807, 2.05) is 0 Å². The lowest BCUT2D eigenvalue weighted by Gasteiger charge is -2.06. The summed E-state index contributed by atoms with van der Waals surface area (Å²) in [5, 5.41) is 0. The molecule has 0 aliphatic carbocycles. The van der Waals surface area contributed by atoms with Crippen molar-refractivity contribution in [2.75, 3.05) is 24.0 Å². The van der Waals surface area contributed by atoms with Gasteiger partial charge in [0.1, 0.15) is 0 Å². The Balaban J connectivity index is 2.32. The van der Waals surface area contributed by atoms with E-state index in [9.17, 15) is 4.79 Å². The van der Waals surface area contributed by atoms with Gasteiger partial charge in [-0.1, -0.05) is 12.8 Å². The number of carbonyl (C=O) groups is 1. The minimum Gasteiger partial charge on any atom is -0.462 e. The number of rotatable bonds is 7. The maximum Gasteiger partial charge on any atom is 0.338 e. The number of halogens is 1. The first-order valence-electron chi connectivity index (χ1n) is 6.02. The number of hydrogen-bond acceptors (Lipinski definition) is 4. The number of nitrogen functional groups attached to an aromatic ring is 2. The van der Waals surface area contributed by atoms with Crippen molar-refractivity contribution in [3.05, 3.63) is 23.8 Å². The summed E-state index contributed by atoms with van der Waals surface area (Å²) in [6, 6.07) is 4.72. The van der Waals surface area contributed by atoms with E-state index in [4.69, 9.17) is 27.8 Å². The third-order valence-corrected chi connectivity index (χ3v) is 2.74. The zero-order chi connectivity index (χ0) is 13.4. The molecule has 100 valence electrons. The van der Waals surface area contributed by atoms with Gasteiger partial charge in [-0.15, -0.1) is 11.6 Å². The van der Waals surface area contributed by atoms with E-state index < -0.39 is 0 Å². The van der Waals surface area contributed by atoms with Crippen molar-refractivity contribution in [3.63, 3.8) is 0 Å². The van der Waals surface area contributed by atoms with Crippen LogP contribution in [0.5, 0.6) is 0 Å². The Morgan fingerprint density at radius 1 is 1.06 bits per heavy atom. The average Bonchev–Trinajstić information content (AvgIpc) is 2.32. The fourth-order valence-electron chi connectivity index (χ4n) is 1.59. The maximum atomic E-state index is 11.7. The van der Waals surface area contributed by atoms with Crippen LogP contribution in [0.15, 0.2) is 18.2 Å². The van der Waals surface area contributed by atoms with Crippen LogP contribution in [-0.4, -0.2) is 18.5 Å². The first kappa shape index (κ1) is 14.6. The van der Waals surface area contributed by atoms with Gasteiger partial charge in [0.2, 0.25) is 0 Å². The van der Waals surface area contributed by atoms with Gasteiger partial charge in [0.15, 0.2) is 0 Å². The van der Waals surface area contributed by atoms with Crippen molar-refractivity contribution in [1.82, 2.24) is 0 Å². The zero-order valence-electron chi connectivity index (χ0n) is 10.3. The number of hydrogen-bond donors (Lipinski definition) is 2. The molecule has 0 radical (unpaired) electrons. The Bertz CT molecular complexity index is 376. The van der Waals surface area contributed by atoms with Crippen molar-refractivity contribution >= 4 is 28.9 Å². The molecule has 0 unspecified atom stereocenters. The summed E-state index contributed by atoms with van der Waals surface area (Å²) in [4.78, 5) is 11.7. The second-order valence-corrected chi connectivity index (χ2v) is 4.51. The number of benzene rings is 1. The standard InChI is InChI=1S/C13H19ClN2O2/c14-5-3-1-2-4-6-18-13(17)10-7-11(15)9-12(16)8-10/h7-9H,1-6,15-16H2. The second-order valence-electron chi connectivity index (χ2n) is 4.13. The highest BCUT2D eigenvalue weighted by molar-refractivity contribution is 6.17. The summed E-state index contributed by atoms with van der Waals surface area (Å²) in [6.45, 7) is 0.413. The molecule has 0 fully saturated rings. The zero-order valence-corrected chi connectivity index (χ0v) is 11.1. The monoisotopic (exact) mass is 270 g/mol. The fourth-order valence-corrected chi connectivity index (χ4v) is 1.78. The predicted molar refractivity (Wildman–Crippen MR) is 74.7 cm³/mol. The number of unbranched alkanes of at least 4 members (excludes halogenated alkanes) is 3. The van der Waals surface area contributed by atoms with Gasteiger partial charge < -0.3 is 16.2 Å². The van der Waals surface area contributed by atoms with Crippen LogP contribution in [-0.2, 0) is 4.74 Å². The minimum absolute atomic E-state index is 0.383. The van der Waals surface area contributed by atoms with Crippen LogP contribution in [0.25, 0.3) is 0 Å². The number of carbonyl (C=O) groups excluding carboxylic acids is 1. The molecule has 0 aliphatic heterocycles. The molecule has 5 heteroatoms. The SMILES string of the molecule is Nc1cc(N)cc(C(=O)OCCCCCCCl)c1. The number of nitrogens with two attached hydrogens (primary N) is 2. The van der Waals surface area contributed by atoms with Crippen LogP contribution in [0.2, 0.25) is 0 Å². The molecule has 4 nitrogen and oxygen atoms in total. The Morgan fingerprint density at radius 2 is 1.67 bits per heavy atom. The Hall–Kier alpha value is -1.42. The van der Waals surface area contributed by atoms with Crippen LogP contribution in [0, 0.1) is 0 Å². The summed E-state index contributed by atoms with van der Waals surface area (Å²) in [5.41, 5.74) is 12.5. The average molecular weight is 271 g/mol. The molecule has 0 atom stereocenters. The molecule has 0 aromatic heterocycles. The second kappa shape index (κ2) is 7.82. The number of esters is 1. The molecule has 1 aromatic carbocycles. The molecule has 0 heterocycles. The van der Waals surface area contributed by atoms with Crippen molar-refractivity contribution in [1.29, 1.82) is 0 Å². The molecule has 18 heavy (non-hydrogen) atoms. The first-order chi connectivity index (χ1) is 8.63. The lowest BCUT2D eigenvalue weighted by Crippen LogP contribution is -2.07. The minimum atomic E-state index is -0.383. The normalized spacial score (nSPS) is 10.3. The summed E-state index contributed by atoms with van der Waals surface area (Å²) in [6.07, 6.45) is 3.92. The highest BCUT2D eigenvalue weighted by Crippen LogP contribution is 2.14. The van der Waals surface area contributed by atoms with E-state index in [2.05, 4.69) is 0 Å². The Kier molecular flexibility index (Phi) is 6.36. The van der Waals surface area contributed by atoms with E-state index in [-0.39, 0.29) is 5.97 Å². The van der Waals surface area contributed by atoms with E-state index in [1.54, 1.807) is 18.2 Å². The molecule has 1 aromatic rings. The summed E-state index contributed by atoms with van der Waals surface area (Å²) < 4.78 is 5.14. The van der Waals surface area contributed by atoms with Crippen LogP contribution >= 0.6 is 11.6 Å². The molecule has 0 amide bonds. The summed E-state index contributed by atoms with van der Waals surface area (Å²) >= 11 is 5.57. The largest absolute Gasteiger partial charge is 0.462 e. The fraction of sp³-hybridized carbons (Fsp3) is 0.462. The van der Waals surface area contributed by atoms with Crippen LogP contribution in [0.1, 0.15) is 36.0 Å². The van der Waals surface area contributed by atoms with Gasteiger partial charge in [-0.3, -0.25) is 0 Å². The van der Waals surface area contributed by atoms with Crippen molar-refractivity contribution < 1.29 is 9.53 Å². The van der Waals surface area contributed by atoms with Crippen molar-refractivity contribution in [2.24, 2.45) is 0 Å². The van der Waals surface area contributed by atoms with Gasteiger partial charge in [0.05, 0.1) is 12.2 Å². The number of anilines is 2. The molecular formula is C13H19ClN2O2. The number of alkyl halides is 1. The molecular weight excluding hydrogens is 252 g/mol. The van der Waals surface area contributed by atoms with Gasteiger partial charge >= 0.3 is 5.97 Å². The van der Waals surface area contributed by atoms with Crippen LogP contribution in [0.4, 0.5) is 11.4 Å². The molecule has 0 spiro atoms. The summed E-state index contributed by atoms with van der Waals surface area (Å²) in [7, 11) is 0. The van der Waals surface area contributed by atoms with E-state index in [1.165, 1.54) is 0 Å². The van der Waals surface area contributed by atoms with Gasteiger partial charge in [-0.2, -0.15) is 0 Å². The van der Waals surface area contributed by atoms with E-state index in [0.717, 1.165) is 25.7 Å². The lowest BCUT2D eigenvalue weighted by atomic mass is 10.2. The van der Waals surface area contributed by atoms with Crippen molar-refractivity contribution in [3.8, 4) is 0 Å². The maximum absolute atomic E-state index is 11.7. The highest BCUT2D eigenvalue weighted by atomic mass is 35.5. The summed E-state index contributed by atoms with van der Waals surface area (Å²) in [5.74, 6) is 0.300. The third kappa shape index (κ3) is 5.27. The molecule has 1 rings (SSSR count). The Morgan fingerprint density at radius 3 is 2.28 bits per heavy atom. The molecule has 0 saturated carbocycles. The van der Waals surface area contributed by atoms with Crippen molar-refractivity contribution in [2.45, 2.75) is 25.7 Å². The number of ether oxygens (including phenoxy) is 1. The van der Waals surface area contributed by atoms with Gasteiger partial charge in [-0.25, -0.2) is 4.79 Å². The first-order valence-corrected chi connectivity index (χ1v) is 6.56. The van der Waals surface area contributed by atoms with Gasteiger partial charge in [0.25, 0.3) is 0 Å². The molecule has 4 N–H and O–H groups in total. The quantitative estimate of drug-likeness (QED) is 0.346. The lowest BCUT2D eigenvalue weighted by molar-refractivity contribution is 0.0498. The predicted octanol–water partition coefficient (Wildman–Crippen LogP) is 2.81. The molecule has 0 bridgehead atoms. The van der Waals surface area contributed by atoms with Crippen LogP contribution < -0.4 is 11.5 Å². The smallest absolute Gasteiger partial charge is 0.338 e. The highest BCUT2D eigenvalue weighted by Gasteiger charge is 2.08. The van der Waals surface area contributed by atoms with E-state index in [0.29, 0.717) is 29.4 Å². The molecule has 0 aliphatic rings. The molecule has 0 saturated heterocycles. The van der Waals surface area contributed by atoms with Crippen LogP contribution in [0.3, 0.4) is 0 Å². The van der Waals surface area contributed by atoms with Gasteiger partial charge in [-0.05, 0) is 31.0 Å². The van der Waals surface area contributed by atoms with E-state index >= 15 is 0 Å². The van der Waals surface area contributed by atoms with Gasteiger partial charge in [0, 0.05) is 17.3 Å². The topological polar surface area (TPSA) is 78.3 Å². The third-order valence-electron chi connectivity index (χ3n) is 2.47. The Labute approximate surface area is 112 Å².